The molecule has 0 atom stereocenters. The van der Waals surface area contributed by atoms with E-state index in [0.717, 1.165) is 11.3 Å². The number of carbonyl (C=O) groups is 1. The van der Waals surface area contributed by atoms with Gasteiger partial charge in [-0.3, -0.25) is 5.32 Å². The standard InChI is InChI=1S/C18H17ClN4O2/c1-12-9-17(23-25-12)22-18(24)21-14-7-8-16(15(19)10-14)20-11-13-5-3-2-4-6-13/h2-10,20H,11H2,1H3,(H2,21,22,23,24). The Labute approximate surface area is 150 Å². The van der Waals surface area contributed by atoms with E-state index in [9.17, 15) is 4.79 Å². The monoisotopic (exact) mass is 356 g/mol. The second-order valence-electron chi connectivity index (χ2n) is 5.44. The molecule has 3 N–H and O–H groups in total. The van der Waals surface area contributed by atoms with Crippen LogP contribution in [0.5, 0.6) is 0 Å². The normalized spacial score (nSPS) is 10.3. The van der Waals surface area contributed by atoms with Gasteiger partial charge in [0.1, 0.15) is 5.76 Å². The lowest BCUT2D eigenvalue weighted by atomic mass is 10.2. The predicted octanol–water partition coefficient (Wildman–Crippen LogP) is 4.89. The number of hydrogen-bond acceptors (Lipinski definition) is 4. The molecule has 0 fully saturated rings. The number of nitrogens with zero attached hydrogens (tertiary/aromatic N) is 1. The fourth-order valence-corrected chi connectivity index (χ4v) is 2.48. The molecule has 0 saturated heterocycles. The Balaban J connectivity index is 1.58. The van der Waals surface area contributed by atoms with Crippen LogP contribution in [0.2, 0.25) is 5.02 Å². The Hall–Kier alpha value is -2.99. The van der Waals surface area contributed by atoms with Gasteiger partial charge in [0.05, 0.1) is 10.7 Å². The van der Waals surface area contributed by atoms with Gasteiger partial charge in [0.25, 0.3) is 0 Å². The number of hydrogen-bond donors (Lipinski definition) is 3. The SMILES string of the molecule is Cc1cc(NC(=O)Nc2ccc(NCc3ccccc3)c(Cl)c2)no1. The van der Waals surface area contributed by atoms with Crippen molar-refractivity contribution in [1.29, 1.82) is 0 Å². The van der Waals surface area contributed by atoms with Gasteiger partial charge >= 0.3 is 6.03 Å². The van der Waals surface area contributed by atoms with Gasteiger partial charge in [0.15, 0.2) is 5.82 Å². The lowest BCUT2D eigenvalue weighted by Gasteiger charge is -2.11. The van der Waals surface area contributed by atoms with Gasteiger partial charge in [-0.25, -0.2) is 4.79 Å². The summed E-state index contributed by atoms with van der Waals surface area (Å²) in [5.41, 5.74) is 2.53. The highest BCUT2D eigenvalue weighted by molar-refractivity contribution is 6.33. The van der Waals surface area contributed by atoms with E-state index in [-0.39, 0.29) is 0 Å². The van der Waals surface area contributed by atoms with Crippen molar-refractivity contribution >= 4 is 34.8 Å². The highest BCUT2D eigenvalue weighted by atomic mass is 35.5. The van der Waals surface area contributed by atoms with E-state index in [1.165, 1.54) is 0 Å². The molecule has 3 aromatic rings. The Morgan fingerprint density at radius 1 is 1.12 bits per heavy atom. The molecule has 0 bridgehead atoms. The lowest BCUT2D eigenvalue weighted by molar-refractivity contribution is 0.262. The molecule has 0 unspecified atom stereocenters. The molecule has 0 aliphatic rings. The van der Waals surface area contributed by atoms with Gasteiger partial charge in [0.2, 0.25) is 0 Å². The molecule has 25 heavy (non-hydrogen) atoms. The van der Waals surface area contributed by atoms with Crippen LogP contribution >= 0.6 is 11.6 Å². The van der Waals surface area contributed by atoms with Crippen LogP contribution in [-0.2, 0) is 6.54 Å². The maximum atomic E-state index is 11.9. The summed E-state index contributed by atoms with van der Waals surface area (Å²) in [5.74, 6) is 0.967. The molecule has 1 heterocycles. The summed E-state index contributed by atoms with van der Waals surface area (Å²) >= 11 is 6.28. The lowest BCUT2D eigenvalue weighted by Crippen LogP contribution is -2.19. The molecule has 128 valence electrons. The summed E-state index contributed by atoms with van der Waals surface area (Å²) in [6, 6.07) is 16.5. The first-order valence-corrected chi connectivity index (χ1v) is 8.06. The minimum Gasteiger partial charge on any atom is -0.380 e. The number of amides is 2. The smallest absolute Gasteiger partial charge is 0.324 e. The van der Waals surface area contributed by atoms with E-state index in [1.54, 1.807) is 25.1 Å². The van der Waals surface area contributed by atoms with Crippen LogP contribution in [0.15, 0.2) is 59.1 Å². The fourth-order valence-electron chi connectivity index (χ4n) is 2.23. The molecule has 0 saturated carbocycles. The van der Waals surface area contributed by atoms with E-state index in [1.807, 2.05) is 36.4 Å². The molecule has 0 aliphatic heterocycles. The molecule has 1 aromatic heterocycles. The molecular weight excluding hydrogens is 340 g/mol. The number of anilines is 3. The Morgan fingerprint density at radius 3 is 2.60 bits per heavy atom. The molecule has 0 spiro atoms. The van der Waals surface area contributed by atoms with Gasteiger partial charge in [-0.2, -0.15) is 0 Å². The molecular formula is C18H17ClN4O2. The second kappa shape index (κ2) is 7.72. The van der Waals surface area contributed by atoms with Crippen LogP contribution in [0.3, 0.4) is 0 Å². The van der Waals surface area contributed by atoms with Crippen molar-refractivity contribution in [3.8, 4) is 0 Å². The molecule has 2 amide bonds. The maximum absolute atomic E-state index is 11.9. The fraction of sp³-hybridized carbons (Fsp3) is 0.111. The Bertz CT molecular complexity index is 865. The van der Waals surface area contributed by atoms with Crippen LogP contribution in [0.1, 0.15) is 11.3 Å². The summed E-state index contributed by atoms with van der Waals surface area (Å²) in [7, 11) is 0. The molecule has 2 aromatic carbocycles. The van der Waals surface area contributed by atoms with Crippen LogP contribution in [0.25, 0.3) is 0 Å². The van der Waals surface area contributed by atoms with E-state index < -0.39 is 6.03 Å². The van der Waals surface area contributed by atoms with E-state index >= 15 is 0 Å². The van der Waals surface area contributed by atoms with Crippen LogP contribution in [0, 0.1) is 6.92 Å². The summed E-state index contributed by atoms with van der Waals surface area (Å²) < 4.78 is 4.89. The van der Waals surface area contributed by atoms with Crippen molar-refractivity contribution in [2.24, 2.45) is 0 Å². The van der Waals surface area contributed by atoms with Gasteiger partial charge in [-0.15, -0.1) is 0 Å². The third kappa shape index (κ3) is 4.74. The minimum absolute atomic E-state index is 0.349. The average Bonchev–Trinajstić information content (AvgIpc) is 2.99. The first kappa shape index (κ1) is 16.9. The predicted molar refractivity (Wildman–Crippen MR) is 99.1 cm³/mol. The van der Waals surface area contributed by atoms with Crippen molar-refractivity contribution in [2.75, 3.05) is 16.0 Å². The van der Waals surface area contributed by atoms with Gasteiger partial charge in [0, 0.05) is 18.3 Å². The number of benzene rings is 2. The van der Waals surface area contributed by atoms with E-state index in [2.05, 4.69) is 21.1 Å². The maximum Gasteiger partial charge on any atom is 0.324 e. The zero-order chi connectivity index (χ0) is 17.6. The van der Waals surface area contributed by atoms with E-state index in [4.69, 9.17) is 16.1 Å². The zero-order valence-corrected chi connectivity index (χ0v) is 14.3. The summed E-state index contributed by atoms with van der Waals surface area (Å²) in [6.45, 7) is 2.41. The molecule has 7 heteroatoms. The number of aromatic nitrogens is 1. The number of rotatable bonds is 5. The number of halogens is 1. The largest absolute Gasteiger partial charge is 0.380 e. The summed E-state index contributed by atoms with van der Waals surface area (Å²) in [6.07, 6.45) is 0. The Kier molecular flexibility index (Phi) is 5.20. The highest BCUT2D eigenvalue weighted by Crippen LogP contribution is 2.26. The van der Waals surface area contributed by atoms with Gasteiger partial charge < -0.3 is 15.2 Å². The second-order valence-corrected chi connectivity index (χ2v) is 5.84. The summed E-state index contributed by atoms with van der Waals surface area (Å²) in [5, 5.41) is 12.8. The summed E-state index contributed by atoms with van der Waals surface area (Å²) in [4.78, 5) is 11.9. The minimum atomic E-state index is -0.422. The Morgan fingerprint density at radius 2 is 1.92 bits per heavy atom. The highest BCUT2D eigenvalue weighted by Gasteiger charge is 2.08. The molecule has 0 aliphatic carbocycles. The zero-order valence-electron chi connectivity index (χ0n) is 13.5. The third-order valence-corrected chi connectivity index (χ3v) is 3.74. The third-order valence-electron chi connectivity index (χ3n) is 3.42. The van der Waals surface area contributed by atoms with Crippen LogP contribution in [0.4, 0.5) is 22.0 Å². The van der Waals surface area contributed by atoms with Crippen molar-refractivity contribution in [3.05, 3.63) is 70.9 Å². The molecule has 3 rings (SSSR count). The first-order chi connectivity index (χ1) is 12.1. The van der Waals surface area contributed by atoms with Crippen molar-refractivity contribution in [3.63, 3.8) is 0 Å². The number of carbonyl (C=O) groups excluding carboxylic acids is 1. The number of aryl methyl sites for hydroxylation is 1. The van der Waals surface area contributed by atoms with E-state index in [0.29, 0.717) is 28.8 Å². The van der Waals surface area contributed by atoms with Crippen molar-refractivity contribution in [1.82, 2.24) is 5.16 Å². The first-order valence-electron chi connectivity index (χ1n) is 7.69. The average molecular weight is 357 g/mol. The van der Waals surface area contributed by atoms with Crippen LogP contribution in [-0.4, -0.2) is 11.2 Å². The topological polar surface area (TPSA) is 79.2 Å². The number of nitrogens with one attached hydrogen (secondary N) is 3. The van der Waals surface area contributed by atoms with Crippen molar-refractivity contribution in [2.45, 2.75) is 13.5 Å². The molecule has 6 nitrogen and oxygen atoms in total. The van der Waals surface area contributed by atoms with Gasteiger partial charge in [-0.05, 0) is 30.7 Å². The van der Waals surface area contributed by atoms with Crippen molar-refractivity contribution < 1.29 is 9.32 Å². The van der Waals surface area contributed by atoms with Gasteiger partial charge in [-0.1, -0.05) is 47.1 Å². The van der Waals surface area contributed by atoms with Crippen LogP contribution < -0.4 is 16.0 Å². The quantitative estimate of drug-likeness (QED) is 0.608. The molecule has 0 radical (unpaired) electrons. The number of urea groups is 1.